The fourth-order valence-electron chi connectivity index (χ4n) is 2.48. The van der Waals surface area contributed by atoms with Crippen LogP contribution in [-0.2, 0) is 9.53 Å². The van der Waals surface area contributed by atoms with Crippen molar-refractivity contribution in [1.29, 1.82) is 0 Å². The van der Waals surface area contributed by atoms with Gasteiger partial charge in [-0.15, -0.1) is 0 Å². The molecule has 112 valence electrons. The van der Waals surface area contributed by atoms with Gasteiger partial charge in [0, 0.05) is 19.1 Å². The summed E-state index contributed by atoms with van der Waals surface area (Å²) >= 11 is 0. The molecule has 1 saturated heterocycles. The summed E-state index contributed by atoms with van der Waals surface area (Å²) in [6.45, 7) is 10.7. The Kier molecular flexibility index (Phi) is 5.77. The van der Waals surface area contributed by atoms with Crippen LogP contribution in [0.25, 0.3) is 0 Å². The first-order valence-corrected chi connectivity index (χ1v) is 7.04. The van der Waals surface area contributed by atoms with Crippen molar-refractivity contribution in [3.05, 3.63) is 0 Å². The van der Waals surface area contributed by atoms with Gasteiger partial charge in [-0.2, -0.15) is 0 Å². The van der Waals surface area contributed by atoms with Crippen molar-refractivity contribution in [2.45, 2.75) is 45.9 Å². The van der Waals surface area contributed by atoms with Gasteiger partial charge in [0.1, 0.15) is 6.04 Å². The molecule has 1 aliphatic heterocycles. The molecule has 0 saturated carbocycles. The third-order valence-corrected chi connectivity index (χ3v) is 3.85. The minimum absolute atomic E-state index is 0.0257. The van der Waals surface area contributed by atoms with Crippen LogP contribution in [0.3, 0.4) is 0 Å². The molecule has 1 unspecified atom stereocenters. The van der Waals surface area contributed by atoms with E-state index in [0.29, 0.717) is 6.61 Å². The highest BCUT2D eigenvalue weighted by atomic mass is 16.5. The van der Waals surface area contributed by atoms with Crippen molar-refractivity contribution in [3.8, 4) is 0 Å². The average Bonchev–Trinajstić information content (AvgIpc) is 2.27. The number of rotatable bonds is 5. The van der Waals surface area contributed by atoms with Gasteiger partial charge in [0.05, 0.1) is 12.7 Å². The zero-order valence-electron chi connectivity index (χ0n) is 13.1. The van der Waals surface area contributed by atoms with Crippen molar-refractivity contribution >= 4 is 5.91 Å². The van der Waals surface area contributed by atoms with Gasteiger partial charge in [-0.3, -0.25) is 4.79 Å². The number of morpholine rings is 1. The lowest BCUT2D eigenvalue weighted by molar-refractivity contribution is -0.130. The number of nitrogens with one attached hydrogen (secondary N) is 2. The normalized spacial score (nSPS) is 26.3. The summed E-state index contributed by atoms with van der Waals surface area (Å²) in [5.74, 6) is 0.0338. The Labute approximate surface area is 117 Å². The Morgan fingerprint density at radius 2 is 2.16 bits per heavy atom. The molecular weight excluding hydrogens is 242 g/mol. The summed E-state index contributed by atoms with van der Waals surface area (Å²) in [5.41, 5.74) is 0.0257. The van der Waals surface area contributed by atoms with E-state index in [9.17, 15) is 4.79 Å². The van der Waals surface area contributed by atoms with E-state index in [4.69, 9.17) is 4.74 Å². The summed E-state index contributed by atoms with van der Waals surface area (Å²) in [7, 11) is 4.10. The second kappa shape index (κ2) is 6.68. The van der Waals surface area contributed by atoms with Crippen molar-refractivity contribution < 1.29 is 9.53 Å². The SMILES string of the molecule is CC(NC(=O)[C@H]1NCCO[C@@H]1C)C(C)(C)CN(C)C. The molecule has 0 aliphatic carbocycles. The first-order valence-electron chi connectivity index (χ1n) is 7.04. The van der Waals surface area contributed by atoms with Crippen LogP contribution in [-0.4, -0.2) is 62.8 Å². The number of amides is 1. The fraction of sp³-hybridized carbons (Fsp3) is 0.929. The Morgan fingerprint density at radius 1 is 1.53 bits per heavy atom. The Balaban J connectivity index is 2.55. The van der Waals surface area contributed by atoms with E-state index in [0.717, 1.165) is 13.1 Å². The molecule has 0 aromatic rings. The molecular formula is C14H29N3O2. The number of ether oxygens (including phenoxy) is 1. The monoisotopic (exact) mass is 271 g/mol. The topological polar surface area (TPSA) is 53.6 Å². The fourth-order valence-corrected chi connectivity index (χ4v) is 2.48. The van der Waals surface area contributed by atoms with Gasteiger partial charge >= 0.3 is 0 Å². The molecule has 0 aromatic heterocycles. The molecule has 1 fully saturated rings. The van der Waals surface area contributed by atoms with Gasteiger partial charge in [0.2, 0.25) is 5.91 Å². The summed E-state index contributed by atoms with van der Waals surface area (Å²) in [6, 6.07) is -0.135. The van der Waals surface area contributed by atoms with Gasteiger partial charge in [-0.1, -0.05) is 13.8 Å². The standard InChI is InChI=1S/C14H29N3O2/c1-10-12(15-7-8-19-10)13(18)16-11(2)14(3,4)9-17(5)6/h10-12,15H,7-9H2,1-6H3,(H,16,18)/t10-,11?,12+/m1/s1. The summed E-state index contributed by atoms with van der Waals surface area (Å²) in [5, 5.41) is 6.34. The highest BCUT2D eigenvalue weighted by molar-refractivity contribution is 5.82. The quantitative estimate of drug-likeness (QED) is 0.762. The first-order chi connectivity index (χ1) is 8.74. The number of hydrogen-bond donors (Lipinski definition) is 2. The summed E-state index contributed by atoms with van der Waals surface area (Å²) in [4.78, 5) is 14.4. The number of carbonyl (C=O) groups is 1. The number of hydrogen-bond acceptors (Lipinski definition) is 4. The van der Waals surface area contributed by atoms with Crippen LogP contribution in [0.4, 0.5) is 0 Å². The average molecular weight is 271 g/mol. The van der Waals surface area contributed by atoms with Crippen molar-refractivity contribution in [1.82, 2.24) is 15.5 Å². The van der Waals surface area contributed by atoms with Crippen molar-refractivity contribution in [2.24, 2.45) is 5.41 Å². The van der Waals surface area contributed by atoms with Gasteiger partial charge in [-0.05, 0) is 33.4 Å². The summed E-state index contributed by atoms with van der Waals surface area (Å²) in [6.07, 6.45) is -0.0714. The zero-order valence-corrected chi connectivity index (χ0v) is 13.1. The lowest BCUT2D eigenvalue weighted by atomic mass is 9.84. The minimum Gasteiger partial charge on any atom is -0.375 e. The molecule has 1 aliphatic rings. The van der Waals surface area contributed by atoms with E-state index in [-0.39, 0.29) is 29.5 Å². The van der Waals surface area contributed by atoms with Gasteiger partial charge in [-0.25, -0.2) is 0 Å². The van der Waals surface area contributed by atoms with Crippen LogP contribution in [0.15, 0.2) is 0 Å². The maximum Gasteiger partial charge on any atom is 0.240 e. The number of nitrogens with zero attached hydrogens (tertiary/aromatic N) is 1. The molecule has 19 heavy (non-hydrogen) atoms. The smallest absolute Gasteiger partial charge is 0.240 e. The maximum atomic E-state index is 12.3. The van der Waals surface area contributed by atoms with Crippen LogP contribution in [0.1, 0.15) is 27.7 Å². The molecule has 1 amide bonds. The second-order valence-corrected chi connectivity index (χ2v) is 6.46. The third-order valence-electron chi connectivity index (χ3n) is 3.85. The van der Waals surface area contributed by atoms with E-state index in [2.05, 4.69) is 50.4 Å². The first kappa shape index (κ1) is 16.4. The van der Waals surface area contributed by atoms with E-state index >= 15 is 0 Å². The lowest BCUT2D eigenvalue weighted by Gasteiger charge is -2.37. The third kappa shape index (κ3) is 4.75. The molecule has 3 atom stereocenters. The molecule has 5 heteroatoms. The Hall–Kier alpha value is -0.650. The van der Waals surface area contributed by atoms with Crippen LogP contribution in [0, 0.1) is 5.41 Å². The number of carbonyl (C=O) groups excluding carboxylic acids is 1. The van der Waals surface area contributed by atoms with Crippen molar-refractivity contribution in [2.75, 3.05) is 33.8 Å². The van der Waals surface area contributed by atoms with Gasteiger partial charge < -0.3 is 20.3 Å². The molecule has 0 aromatic carbocycles. The maximum absolute atomic E-state index is 12.3. The van der Waals surface area contributed by atoms with E-state index in [1.807, 2.05) is 6.92 Å². The molecule has 2 N–H and O–H groups in total. The zero-order chi connectivity index (χ0) is 14.6. The predicted octanol–water partition coefficient (Wildman–Crippen LogP) is 0.456. The largest absolute Gasteiger partial charge is 0.375 e. The highest BCUT2D eigenvalue weighted by Crippen LogP contribution is 2.21. The van der Waals surface area contributed by atoms with E-state index < -0.39 is 0 Å². The van der Waals surface area contributed by atoms with Gasteiger partial charge in [0.25, 0.3) is 0 Å². The summed E-state index contributed by atoms with van der Waals surface area (Å²) < 4.78 is 5.51. The Bertz CT molecular complexity index is 305. The predicted molar refractivity (Wildman–Crippen MR) is 77.1 cm³/mol. The second-order valence-electron chi connectivity index (χ2n) is 6.46. The molecule has 5 nitrogen and oxygen atoms in total. The van der Waals surface area contributed by atoms with Crippen LogP contribution in [0.5, 0.6) is 0 Å². The highest BCUT2D eigenvalue weighted by Gasteiger charge is 2.33. The van der Waals surface area contributed by atoms with E-state index in [1.54, 1.807) is 0 Å². The molecule has 0 bridgehead atoms. The lowest BCUT2D eigenvalue weighted by Crippen LogP contribution is -2.58. The van der Waals surface area contributed by atoms with Crippen LogP contribution >= 0.6 is 0 Å². The molecule has 1 heterocycles. The van der Waals surface area contributed by atoms with E-state index in [1.165, 1.54) is 0 Å². The van der Waals surface area contributed by atoms with Gasteiger partial charge in [0.15, 0.2) is 0 Å². The van der Waals surface area contributed by atoms with Crippen LogP contribution < -0.4 is 10.6 Å². The Morgan fingerprint density at radius 3 is 2.68 bits per heavy atom. The minimum atomic E-state index is -0.244. The van der Waals surface area contributed by atoms with Crippen LogP contribution in [0.2, 0.25) is 0 Å². The molecule has 0 radical (unpaired) electrons. The molecule has 1 rings (SSSR count). The van der Waals surface area contributed by atoms with Crippen molar-refractivity contribution in [3.63, 3.8) is 0 Å². The molecule has 0 spiro atoms.